The number of benzene rings is 2. The third-order valence-electron chi connectivity index (χ3n) is 3.86. The number of sulfone groups is 1. The SMILES string of the molecule is CC(NC(=O)c1ccc(CS(C)(=O)=O)cc1)c1cc2ccccc2o1. The van der Waals surface area contributed by atoms with E-state index in [0.29, 0.717) is 16.9 Å². The van der Waals surface area contributed by atoms with Crippen molar-refractivity contribution in [3.05, 3.63) is 71.5 Å². The molecule has 0 bridgehead atoms. The smallest absolute Gasteiger partial charge is 0.251 e. The van der Waals surface area contributed by atoms with Gasteiger partial charge in [0.1, 0.15) is 11.3 Å². The Bertz CT molecular complexity index is 970. The molecule has 25 heavy (non-hydrogen) atoms. The van der Waals surface area contributed by atoms with E-state index < -0.39 is 9.84 Å². The molecule has 130 valence electrons. The minimum atomic E-state index is -3.09. The van der Waals surface area contributed by atoms with Crippen molar-refractivity contribution < 1.29 is 17.6 Å². The highest BCUT2D eigenvalue weighted by Crippen LogP contribution is 2.23. The van der Waals surface area contributed by atoms with Gasteiger partial charge in [-0.2, -0.15) is 0 Å². The number of nitrogens with one attached hydrogen (secondary N) is 1. The average molecular weight is 357 g/mol. The van der Waals surface area contributed by atoms with Gasteiger partial charge < -0.3 is 9.73 Å². The summed E-state index contributed by atoms with van der Waals surface area (Å²) in [7, 11) is -3.09. The van der Waals surface area contributed by atoms with Gasteiger partial charge >= 0.3 is 0 Å². The fourth-order valence-electron chi connectivity index (χ4n) is 2.62. The first-order valence-electron chi connectivity index (χ1n) is 7.88. The molecule has 3 rings (SSSR count). The molecule has 1 amide bonds. The zero-order chi connectivity index (χ0) is 18.0. The van der Waals surface area contributed by atoms with Crippen LogP contribution in [0.1, 0.15) is 34.6 Å². The molecule has 0 aliphatic carbocycles. The van der Waals surface area contributed by atoms with Gasteiger partial charge in [0.25, 0.3) is 5.91 Å². The molecule has 1 aromatic heterocycles. The zero-order valence-electron chi connectivity index (χ0n) is 14.0. The molecule has 1 unspecified atom stereocenters. The van der Waals surface area contributed by atoms with E-state index in [4.69, 9.17) is 4.42 Å². The van der Waals surface area contributed by atoms with Gasteiger partial charge in [0.05, 0.1) is 11.8 Å². The normalized spacial score (nSPS) is 12.9. The van der Waals surface area contributed by atoms with E-state index >= 15 is 0 Å². The fourth-order valence-corrected chi connectivity index (χ4v) is 3.42. The van der Waals surface area contributed by atoms with Crippen LogP contribution in [0.15, 0.2) is 59.0 Å². The van der Waals surface area contributed by atoms with E-state index in [1.54, 1.807) is 24.3 Å². The van der Waals surface area contributed by atoms with E-state index in [2.05, 4.69) is 5.32 Å². The van der Waals surface area contributed by atoms with Crippen LogP contribution in [0.3, 0.4) is 0 Å². The molecule has 0 saturated carbocycles. The van der Waals surface area contributed by atoms with Crippen molar-refractivity contribution in [1.29, 1.82) is 0 Å². The lowest BCUT2D eigenvalue weighted by atomic mass is 10.1. The molecule has 1 heterocycles. The Balaban J connectivity index is 1.70. The van der Waals surface area contributed by atoms with Crippen molar-refractivity contribution in [3.63, 3.8) is 0 Å². The van der Waals surface area contributed by atoms with Crippen LogP contribution < -0.4 is 5.32 Å². The second-order valence-corrected chi connectivity index (χ2v) is 8.29. The van der Waals surface area contributed by atoms with Gasteiger partial charge in [-0.15, -0.1) is 0 Å². The molecule has 3 aromatic rings. The summed E-state index contributed by atoms with van der Waals surface area (Å²) in [5.41, 5.74) is 1.91. The van der Waals surface area contributed by atoms with Gasteiger partial charge in [0.2, 0.25) is 0 Å². The molecule has 5 nitrogen and oxygen atoms in total. The Hall–Kier alpha value is -2.60. The Morgan fingerprint density at radius 1 is 1.12 bits per heavy atom. The minimum absolute atomic E-state index is 0.0374. The number of fused-ring (bicyclic) bond motifs is 1. The third-order valence-corrected chi connectivity index (χ3v) is 4.72. The molecule has 1 N–H and O–H groups in total. The highest BCUT2D eigenvalue weighted by atomic mass is 32.2. The van der Waals surface area contributed by atoms with Crippen molar-refractivity contribution >= 4 is 26.7 Å². The summed E-state index contributed by atoms with van der Waals surface area (Å²) < 4.78 is 28.4. The topological polar surface area (TPSA) is 76.4 Å². The number of hydrogen-bond donors (Lipinski definition) is 1. The number of hydrogen-bond acceptors (Lipinski definition) is 4. The lowest BCUT2D eigenvalue weighted by molar-refractivity contribution is 0.0935. The highest BCUT2D eigenvalue weighted by molar-refractivity contribution is 7.89. The molecule has 1 atom stereocenters. The second kappa shape index (κ2) is 6.72. The van der Waals surface area contributed by atoms with E-state index in [0.717, 1.165) is 11.0 Å². The predicted molar refractivity (Wildman–Crippen MR) is 97.1 cm³/mol. The second-order valence-electron chi connectivity index (χ2n) is 6.15. The summed E-state index contributed by atoms with van der Waals surface area (Å²) >= 11 is 0. The van der Waals surface area contributed by atoms with Gasteiger partial charge in [-0.1, -0.05) is 30.3 Å². The Morgan fingerprint density at radius 2 is 1.80 bits per heavy atom. The molecular weight excluding hydrogens is 338 g/mol. The molecule has 0 aliphatic rings. The van der Waals surface area contributed by atoms with E-state index in [1.165, 1.54) is 6.26 Å². The Morgan fingerprint density at radius 3 is 2.44 bits per heavy atom. The van der Waals surface area contributed by atoms with Crippen LogP contribution in [0.5, 0.6) is 0 Å². The summed E-state index contributed by atoms with van der Waals surface area (Å²) in [6.45, 7) is 1.85. The number of furan rings is 1. The van der Waals surface area contributed by atoms with E-state index in [9.17, 15) is 13.2 Å². The monoisotopic (exact) mass is 357 g/mol. The van der Waals surface area contributed by atoms with Crippen LogP contribution in [0.25, 0.3) is 11.0 Å². The number of carbonyl (C=O) groups excluding carboxylic acids is 1. The van der Waals surface area contributed by atoms with Crippen molar-refractivity contribution in [2.75, 3.05) is 6.26 Å². The van der Waals surface area contributed by atoms with Gasteiger partial charge in [-0.3, -0.25) is 4.79 Å². The molecule has 2 aromatic carbocycles. The van der Waals surface area contributed by atoms with Crippen molar-refractivity contribution in [2.45, 2.75) is 18.7 Å². The average Bonchev–Trinajstić information content (AvgIpc) is 2.98. The van der Waals surface area contributed by atoms with Crippen molar-refractivity contribution in [2.24, 2.45) is 0 Å². The number of para-hydroxylation sites is 1. The molecule has 0 fully saturated rings. The summed E-state index contributed by atoms with van der Waals surface area (Å²) in [6, 6.07) is 15.9. The quantitative estimate of drug-likeness (QED) is 0.758. The van der Waals surface area contributed by atoms with Gasteiger partial charge in [0.15, 0.2) is 9.84 Å². The first-order chi connectivity index (χ1) is 11.8. The van der Waals surface area contributed by atoms with Crippen LogP contribution in [0.4, 0.5) is 0 Å². The van der Waals surface area contributed by atoms with Crippen LogP contribution >= 0.6 is 0 Å². The Kier molecular flexibility index (Phi) is 4.63. The van der Waals surface area contributed by atoms with Gasteiger partial charge in [-0.05, 0) is 36.8 Å². The lowest BCUT2D eigenvalue weighted by Gasteiger charge is -2.11. The van der Waals surface area contributed by atoms with Crippen LogP contribution in [0.2, 0.25) is 0 Å². The van der Waals surface area contributed by atoms with Crippen LogP contribution in [0, 0.1) is 0 Å². The summed E-state index contributed by atoms with van der Waals surface area (Å²) in [6.07, 6.45) is 1.18. The van der Waals surface area contributed by atoms with E-state index in [1.807, 2.05) is 37.3 Å². The number of rotatable bonds is 5. The van der Waals surface area contributed by atoms with Crippen molar-refractivity contribution in [3.8, 4) is 0 Å². The first-order valence-corrected chi connectivity index (χ1v) is 9.94. The highest BCUT2D eigenvalue weighted by Gasteiger charge is 2.15. The standard InChI is InChI=1S/C19H19NO4S/c1-13(18-11-16-5-3-4-6-17(16)24-18)20-19(21)15-9-7-14(8-10-15)12-25(2,22)23/h3-11,13H,12H2,1-2H3,(H,20,21). The fraction of sp³-hybridized carbons (Fsp3) is 0.211. The van der Waals surface area contributed by atoms with E-state index in [-0.39, 0.29) is 17.7 Å². The maximum Gasteiger partial charge on any atom is 0.251 e. The maximum absolute atomic E-state index is 12.4. The molecule has 0 aliphatic heterocycles. The predicted octanol–water partition coefficient (Wildman–Crippen LogP) is 3.47. The van der Waals surface area contributed by atoms with Gasteiger partial charge in [0, 0.05) is 17.2 Å². The molecular formula is C19H19NO4S. The largest absolute Gasteiger partial charge is 0.459 e. The minimum Gasteiger partial charge on any atom is -0.459 e. The summed E-state index contributed by atoms with van der Waals surface area (Å²) in [5, 5.41) is 3.88. The zero-order valence-corrected chi connectivity index (χ0v) is 14.8. The maximum atomic E-state index is 12.4. The molecule has 0 saturated heterocycles. The van der Waals surface area contributed by atoms with Crippen LogP contribution in [-0.2, 0) is 15.6 Å². The number of carbonyl (C=O) groups is 1. The third kappa shape index (κ3) is 4.28. The van der Waals surface area contributed by atoms with Crippen molar-refractivity contribution in [1.82, 2.24) is 5.32 Å². The molecule has 0 radical (unpaired) electrons. The van der Waals surface area contributed by atoms with Crippen LogP contribution in [-0.4, -0.2) is 20.6 Å². The van der Waals surface area contributed by atoms with Gasteiger partial charge in [-0.25, -0.2) is 8.42 Å². The Labute approximate surface area is 146 Å². The molecule has 0 spiro atoms. The molecule has 6 heteroatoms. The number of amides is 1. The lowest BCUT2D eigenvalue weighted by Crippen LogP contribution is -2.26. The summed E-state index contributed by atoms with van der Waals surface area (Å²) in [5.74, 6) is 0.409. The summed E-state index contributed by atoms with van der Waals surface area (Å²) in [4.78, 5) is 12.4. The first kappa shape index (κ1) is 17.2.